The number of amides is 1. The van der Waals surface area contributed by atoms with E-state index in [0.717, 1.165) is 35.2 Å². The lowest BCUT2D eigenvalue weighted by Gasteiger charge is -2.13. The lowest BCUT2D eigenvalue weighted by Crippen LogP contribution is -2.16. The predicted molar refractivity (Wildman–Crippen MR) is 83.7 cm³/mol. The lowest BCUT2D eigenvalue weighted by atomic mass is 10.0. The number of anilines is 1. The van der Waals surface area contributed by atoms with Gasteiger partial charge in [-0.15, -0.1) is 0 Å². The summed E-state index contributed by atoms with van der Waals surface area (Å²) in [5.41, 5.74) is 1.81. The van der Waals surface area contributed by atoms with Crippen LogP contribution in [0.15, 0.2) is 22.7 Å². The normalized spacial score (nSPS) is 18.2. The van der Waals surface area contributed by atoms with Crippen LogP contribution >= 0.6 is 15.9 Å². The van der Waals surface area contributed by atoms with Crippen molar-refractivity contribution in [2.24, 2.45) is 5.92 Å². The molecule has 0 aromatic heterocycles. The zero-order valence-corrected chi connectivity index (χ0v) is 13.3. The van der Waals surface area contributed by atoms with E-state index in [-0.39, 0.29) is 5.91 Å². The van der Waals surface area contributed by atoms with Gasteiger partial charge in [-0.3, -0.25) is 4.79 Å². The maximum absolute atomic E-state index is 12.0. The van der Waals surface area contributed by atoms with Gasteiger partial charge >= 0.3 is 0 Å². The summed E-state index contributed by atoms with van der Waals surface area (Å²) in [4.78, 5) is 12.0. The SMILES string of the molecule is COCc1c(Br)cccc1NC(=O)CCC1CCNC1. The number of ether oxygens (including phenoxy) is 1. The van der Waals surface area contributed by atoms with Gasteiger partial charge in [0, 0.05) is 29.3 Å². The summed E-state index contributed by atoms with van der Waals surface area (Å²) in [6.07, 6.45) is 2.71. The molecule has 5 heteroatoms. The fourth-order valence-electron chi connectivity index (χ4n) is 2.48. The third-order valence-electron chi connectivity index (χ3n) is 3.62. The number of hydrogen-bond acceptors (Lipinski definition) is 3. The summed E-state index contributed by atoms with van der Waals surface area (Å²) in [6.45, 7) is 2.60. The number of nitrogens with one attached hydrogen (secondary N) is 2. The van der Waals surface area contributed by atoms with E-state index in [9.17, 15) is 4.79 Å². The van der Waals surface area contributed by atoms with Crippen LogP contribution in [0.25, 0.3) is 0 Å². The van der Waals surface area contributed by atoms with E-state index in [4.69, 9.17) is 4.74 Å². The van der Waals surface area contributed by atoms with Crippen molar-refractivity contribution in [3.8, 4) is 0 Å². The van der Waals surface area contributed by atoms with Gasteiger partial charge in [-0.05, 0) is 44.0 Å². The van der Waals surface area contributed by atoms with Gasteiger partial charge in [0.25, 0.3) is 0 Å². The minimum Gasteiger partial charge on any atom is -0.380 e. The Balaban J connectivity index is 1.91. The van der Waals surface area contributed by atoms with Crippen molar-refractivity contribution >= 4 is 27.5 Å². The van der Waals surface area contributed by atoms with Gasteiger partial charge in [0.2, 0.25) is 5.91 Å². The number of rotatable bonds is 6. The van der Waals surface area contributed by atoms with Crippen LogP contribution in [0, 0.1) is 5.92 Å². The monoisotopic (exact) mass is 340 g/mol. The molecule has 0 saturated carbocycles. The minimum atomic E-state index is 0.0763. The average molecular weight is 341 g/mol. The van der Waals surface area contributed by atoms with Crippen LogP contribution < -0.4 is 10.6 Å². The summed E-state index contributed by atoms with van der Waals surface area (Å²) in [6, 6.07) is 5.78. The van der Waals surface area contributed by atoms with Gasteiger partial charge in [0.15, 0.2) is 0 Å². The Morgan fingerprint density at radius 3 is 3.10 bits per heavy atom. The highest BCUT2D eigenvalue weighted by Crippen LogP contribution is 2.26. The van der Waals surface area contributed by atoms with Gasteiger partial charge in [0.05, 0.1) is 6.61 Å². The molecular weight excluding hydrogens is 320 g/mol. The van der Waals surface area contributed by atoms with E-state index in [1.54, 1.807) is 7.11 Å². The highest BCUT2D eigenvalue weighted by molar-refractivity contribution is 9.10. The molecule has 110 valence electrons. The quantitative estimate of drug-likeness (QED) is 0.837. The Bertz CT molecular complexity index is 459. The van der Waals surface area contributed by atoms with Gasteiger partial charge in [-0.1, -0.05) is 22.0 Å². The van der Waals surface area contributed by atoms with Crippen LogP contribution in [-0.4, -0.2) is 26.1 Å². The highest BCUT2D eigenvalue weighted by atomic mass is 79.9. The van der Waals surface area contributed by atoms with Gasteiger partial charge in [-0.2, -0.15) is 0 Å². The molecule has 2 rings (SSSR count). The molecule has 2 N–H and O–H groups in total. The second kappa shape index (κ2) is 7.76. The van der Waals surface area contributed by atoms with Crippen molar-refractivity contribution < 1.29 is 9.53 Å². The Hall–Kier alpha value is -0.910. The fourth-order valence-corrected chi connectivity index (χ4v) is 2.96. The second-order valence-electron chi connectivity index (χ2n) is 5.14. The molecule has 1 aliphatic heterocycles. The van der Waals surface area contributed by atoms with E-state index in [2.05, 4.69) is 26.6 Å². The predicted octanol–water partition coefficient (Wildman–Crippen LogP) is 2.92. The van der Waals surface area contributed by atoms with Gasteiger partial charge < -0.3 is 15.4 Å². The van der Waals surface area contributed by atoms with Gasteiger partial charge in [-0.25, -0.2) is 0 Å². The molecule has 20 heavy (non-hydrogen) atoms. The summed E-state index contributed by atoms with van der Waals surface area (Å²) >= 11 is 3.49. The van der Waals surface area contributed by atoms with E-state index in [1.165, 1.54) is 6.42 Å². The van der Waals surface area contributed by atoms with Gasteiger partial charge in [0.1, 0.15) is 0 Å². The third-order valence-corrected chi connectivity index (χ3v) is 4.37. The average Bonchev–Trinajstić information content (AvgIpc) is 2.94. The zero-order chi connectivity index (χ0) is 14.4. The molecule has 1 aliphatic rings. The molecule has 1 atom stereocenters. The zero-order valence-electron chi connectivity index (χ0n) is 11.7. The summed E-state index contributed by atoms with van der Waals surface area (Å²) < 4.78 is 6.14. The van der Waals surface area contributed by atoms with E-state index in [1.807, 2.05) is 18.2 Å². The Morgan fingerprint density at radius 1 is 1.55 bits per heavy atom. The van der Waals surface area contributed by atoms with E-state index in [0.29, 0.717) is 18.9 Å². The molecule has 4 nitrogen and oxygen atoms in total. The Morgan fingerprint density at radius 2 is 2.40 bits per heavy atom. The molecule has 1 fully saturated rings. The Labute approximate surface area is 128 Å². The number of methoxy groups -OCH3 is 1. The number of benzene rings is 1. The maximum Gasteiger partial charge on any atom is 0.224 e. The van der Waals surface area contributed by atoms with E-state index >= 15 is 0 Å². The van der Waals surface area contributed by atoms with Crippen LogP contribution in [0.2, 0.25) is 0 Å². The van der Waals surface area contributed by atoms with Crippen LogP contribution in [0.4, 0.5) is 5.69 Å². The first-order valence-corrected chi connectivity index (χ1v) is 7.77. The Kier molecular flexibility index (Phi) is 6.01. The minimum absolute atomic E-state index is 0.0763. The molecule has 1 saturated heterocycles. The first-order valence-electron chi connectivity index (χ1n) is 6.97. The standard InChI is InChI=1S/C15H21BrN2O2/c1-20-10-12-13(16)3-2-4-14(12)18-15(19)6-5-11-7-8-17-9-11/h2-4,11,17H,5-10H2,1H3,(H,18,19). The summed E-state index contributed by atoms with van der Waals surface area (Å²) in [7, 11) is 1.65. The maximum atomic E-state index is 12.0. The molecule has 0 aliphatic carbocycles. The lowest BCUT2D eigenvalue weighted by molar-refractivity contribution is -0.116. The smallest absolute Gasteiger partial charge is 0.224 e. The number of halogens is 1. The molecule has 1 heterocycles. The molecule has 0 bridgehead atoms. The largest absolute Gasteiger partial charge is 0.380 e. The van der Waals surface area contributed by atoms with E-state index < -0.39 is 0 Å². The molecule has 1 aromatic carbocycles. The van der Waals surface area contributed by atoms with Crippen molar-refractivity contribution in [1.29, 1.82) is 0 Å². The number of hydrogen-bond donors (Lipinski definition) is 2. The molecule has 0 spiro atoms. The van der Waals surface area contributed by atoms with Crippen molar-refractivity contribution in [2.75, 3.05) is 25.5 Å². The molecular formula is C15H21BrN2O2. The van der Waals surface area contributed by atoms with Crippen LogP contribution in [0.1, 0.15) is 24.8 Å². The van der Waals surface area contributed by atoms with Crippen LogP contribution in [0.5, 0.6) is 0 Å². The van der Waals surface area contributed by atoms with Crippen molar-refractivity contribution in [1.82, 2.24) is 5.32 Å². The first kappa shape index (κ1) is 15.5. The van der Waals surface area contributed by atoms with Crippen LogP contribution in [0.3, 0.4) is 0 Å². The van der Waals surface area contributed by atoms with Crippen molar-refractivity contribution in [3.63, 3.8) is 0 Å². The summed E-state index contributed by atoms with van der Waals surface area (Å²) in [5, 5.41) is 6.32. The topological polar surface area (TPSA) is 50.4 Å². The number of carbonyl (C=O) groups excluding carboxylic acids is 1. The fraction of sp³-hybridized carbons (Fsp3) is 0.533. The second-order valence-corrected chi connectivity index (χ2v) is 6.00. The summed E-state index contributed by atoms with van der Waals surface area (Å²) in [5.74, 6) is 0.717. The van der Waals surface area contributed by atoms with Crippen LogP contribution in [-0.2, 0) is 16.1 Å². The molecule has 1 unspecified atom stereocenters. The third kappa shape index (κ3) is 4.30. The van der Waals surface area contributed by atoms with Crippen molar-refractivity contribution in [2.45, 2.75) is 25.9 Å². The molecule has 1 aromatic rings. The highest BCUT2D eigenvalue weighted by Gasteiger charge is 2.16. The molecule has 0 radical (unpaired) electrons. The van der Waals surface area contributed by atoms with Crippen molar-refractivity contribution in [3.05, 3.63) is 28.2 Å². The number of carbonyl (C=O) groups is 1. The first-order chi connectivity index (χ1) is 9.70. The molecule has 1 amide bonds.